The van der Waals surface area contributed by atoms with Crippen molar-refractivity contribution >= 4 is 29.2 Å². The Morgan fingerprint density at radius 3 is 1.90 bits per heavy atom. The predicted octanol–water partition coefficient (Wildman–Crippen LogP) is 7.24. The summed E-state index contributed by atoms with van der Waals surface area (Å²) >= 11 is 11.9. The number of hydrogen-bond acceptors (Lipinski definition) is 3. The van der Waals surface area contributed by atoms with Gasteiger partial charge < -0.3 is 9.47 Å². The Hall–Kier alpha value is -2.49. The number of hydrogen-bond donors (Lipinski definition) is 0. The molecule has 162 valence electrons. The molecule has 0 amide bonds. The van der Waals surface area contributed by atoms with Gasteiger partial charge in [0.1, 0.15) is 11.9 Å². The number of halogens is 2. The van der Waals surface area contributed by atoms with Crippen molar-refractivity contribution in [3.8, 4) is 5.75 Å². The van der Waals surface area contributed by atoms with Crippen molar-refractivity contribution in [3.63, 3.8) is 0 Å². The standard InChI is InChI=1S/C26H26Cl2O3/c1-30-24-16-10-21(11-17-24)25(4-2-3-19-5-12-22(27)13-6-19)31-26(29)18-9-20-7-14-23(28)15-8-20/h5-8,10-17,25H,2-4,9,18H2,1H3. The molecule has 5 heteroatoms. The van der Waals surface area contributed by atoms with Crippen LogP contribution in [0.25, 0.3) is 0 Å². The summed E-state index contributed by atoms with van der Waals surface area (Å²) in [6, 6.07) is 23.1. The summed E-state index contributed by atoms with van der Waals surface area (Å²) in [5, 5.41) is 1.42. The van der Waals surface area contributed by atoms with Crippen molar-refractivity contribution in [3.05, 3.63) is 99.5 Å². The molecule has 1 unspecified atom stereocenters. The summed E-state index contributed by atoms with van der Waals surface area (Å²) < 4.78 is 11.1. The van der Waals surface area contributed by atoms with E-state index in [0.29, 0.717) is 17.9 Å². The SMILES string of the molecule is COc1ccc(C(CCCc2ccc(Cl)cc2)OC(=O)CCc2ccc(Cl)cc2)cc1. The van der Waals surface area contributed by atoms with Gasteiger partial charge in [-0.05, 0) is 78.8 Å². The van der Waals surface area contributed by atoms with Gasteiger partial charge in [-0.2, -0.15) is 0 Å². The minimum atomic E-state index is -0.295. The van der Waals surface area contributed by atoms with Crippen molar-refractivity contribution in [2.75, 3.05) is 7.11 Å². The molecule has 0 saturated carbocycles. The maximum atomic E-state index is 12.6. The van der Waals surface area contributed by atoms with Crippen LogP contribution in [0.3, 0.4) is 0 Å². The van der Waals surface area contributed by atoms with Crippen LogP contribution in [0.4, 0.5) is 0 Å². The molecule has 0 radical (unpaired) electrons. The van der Waals surface area contributed by atoms with Gasteiger partial charge in [0.15, 0.2) is 0 Å². The molecule has 0 fully saturated rings. The molecule has 3 aromatic carbocycles. The smallest absolute Gasteiger partial charge is 0.306 e. The van der Waals surface area contributed by atoms with Crippen LogP contribution in [0.1, 0.15) is 42.1 Å². The van der Waals surface area contributed by atoms with E-state index in [2.05, 4.69) is 0 Å². The average molecular weight is 457 g/mol. The number of aryl methyl sites for hydroxylation is 2. The van der Waals surface area contributed by atoms with Crippen molar-refractivity contribution in [2.45, 2.75) is 38.2 Å². The molecular formula is C26H26Cl2O3. The predicted molar refractivity (Wildman–Crippen MR) is 126 cm³/mol. The Morgan fingerprint density at radius 1 is 0.806 bits per heavy atom. The van der Waals surface area contributed by atoms with Crippen LogP contribution in [-0.4, -0.2) is 13.1 Å². The van der Waals surface area contributed by atoms with E-state index in [1.807, 2.05) is 72.8 Å². The van der Waals surface area contributed by atoms with Crippen LogP contribution < -0.4 is 4.74 Å². The van der Waals surface area contributed by atoms with Crippen LogP contribution in [-0.2, 0) is 22.4 Å². The lowest BCUT2D eigenvalue weighted by Gasteiger charge is -2.19. The summed E-state index contributed by atoms with van der Waals surface area (Å²) in [5.41, 5.74) is 3.24. The first kappa shape index (κ1) is 23.2. The summed E-state index contributed by atoms with van der Waals surface area (Å²) in [4.78, 5) is 12.6. The molecular weight excluding hydrogens is 431 g/mol. The molecule has 0 aliphatic carbocycles. The molecule has 0 aliphatic heterocycles. The molecule has 0 N–H and O–H groups in total. The van der Waals surface area contributed by atoms with Crippen molar-refractivity contribution in [1.82, 2.24) is 0 Å². The average Bonchev–Trinajstić information content (AvgIpc) is 2.79. The van der Waals surface area contributed by atoms with E-state index in [4.69, 9.17) is 32.7 Å². The summed E-state index contributed by atoms with van der Waals surface area (Å²) in [6.45, 7) is 0. The van der Waals surface area contributed by atoms with Gasteiger partial charge in [-0.1, -0.05) is 59.6 Å². The zero-order valence-electron chi connectivity index (χ0n) is 17.5. The van der Waals surface area contributed by atoms with E-state index < -0.39 is 0 Å². The van der Waals surface area contributed by atoms with Gasteiger partial charge in [0.05, 0.1) is 7.11 Å². The van der Waals surface area contributed by atoms with E-state index in [0.717, 1.165) is 41.2 Å². The van der Waals surface area contributed by atoms with E-state index in [9.17, 15) is 4.79 Å². The van der Waals surface area contributed by atoms with Crippen LogP contribution in [0.15, 0.2) is 72.8 Å². The maximum Gasteiger partial charge on any atom is 0.306 e. The molecule has 0 bridgehead atoms. The fraction of sp³-hybridized carbons (Fsp3) is 0.269. The first-order valence-electron chi connectivity index (χ1n) is 10.4. The number of rotatable bonds is 10. The third kappa shape index (κ3) is 7.61. The van der Waals surface area contributed by atoms with E-state index in [1.54, 1.807) is 7.11 Å². The number of benzene rings is 3. The van der Waals surface area contributed by atoms with Gasteiger partial charge >= 0.3 is 5.97 Å². The molecule has 3 aromatic rings. The Balaban J connectivity index is 1.60. The van der Waals surface area contributed by atoms with Crippen LogP contribution >= 0.6 is 23.2 Å². The molecule has 3 nitrogen and oxygen atoms in total. The highest BCUT2D eigenvalue weighted by atomic mass is 35.5. The second-order valence-corrected chi connectivity index (χ2v) is 8.27. The molecule has 3 rings (SSSR count). The molecule has 0 spiro atoms. The lowest BCUT2D eigenvalue weighted by atomic mass is 10.0. The largest absolute Gasteiger partial charge is 0.497 e. The lowest BCUT2D eigenvalue weighted by Crippen LogP contribution is -2.13. The zero-order valence-corrected chi connectivity index (χ0v) is 19.0. The Kier molecular flexibility index (Phi) is 8.81. The number of methoxy groups -OCH3 is 1. The molecule has 31 heavy (non-hydrogen) atoms. The minimum Gasteiger partial charge on any atom is -0.497 e. The van der Waals surface area contributed by atoms with E-state index in [1.165, 1.54) is 5.56 Å². The Bertz CT molecular complexity index is 951. The van der Waals surface area contributed by atoms with Crippen molar-refractivity contribution in [1.29, 1.82) is 0 Å². The van der Waals surface area contributed by atoms with Gasteiger partial charge in [0.25, 0.3) is 0 Å². The first-order chi connectivity index (χ1) is 15.0. The fourth-order valence-electron chi connectivity index (χ4n) is 3.37. The number of carbonyl (C=O) groups excluding carboxylic acids is 1. The summed E-state index contributed by atoms with van der Waals surface area (Å²) in [5.74, 6) is 0.569. The third-order valence-electron chi connectivity index (χ3n) is 5.14. The quantitative estimate of drug-likeness (QED) is 0.301. The van der Waals surface area contributed by atoms with E-state index in [-0.39, 0.29) is 12.1 Å². The highest BCUT2D eigenvalue weighted by molar-refractivity contribution is 6.30. The van der Waals surface area contributed by atoms with Crippen molar-refractivity contribution in [2.24, 2.45) is 0 Å². The van der Waals surface area contributed by atoms with Crippen molar-refractivity contribution < 1.29 is 14.3 Å². The number of esters is 1. The topological polar surface area (TPSA) is 35.5 Å². The highest BCUT2D eigenvalue weighted by Gasteiger charge is 2.17. The maximum absolute atomic E-state index is 12.6. The van der Waals surface area contributed by atoms with E-state index >= 15 is 0 Å². The second kappa shape index (κ2) is 11.8. The van der Waals surface area contributed by atoms with Gasteiger partial charge in [0, 0.05) is 16.5 Å². The van der Waals surface area contributed by atoms with Gasteiger partial charge in [0.2, 0.25) is 0 Å². The number of ether oxygens (including phenoxy) is 2. The first-order valence-corrected chi connectivity index (χ1v) is 11.1. The highest BCUT2D eigenvalue weighted by Crippen LogP contribution is 2.27. The monoisotopic (exact) mass is 456 g/mol. The molecule has 1 atom stereocenters. The zero-order chi connectivity index (χ0) is 22.1. The lowest BCUT2D eigenvalue weighted by molar-refractivity contribution is -0.149. The molecule has 0 saturated heterocycles. The Morgan fingerprint density at radius 2 is 1.35 bits per heavy atom. The normalized spacial score (nSPS) is 11.7. The Labute approximate surface area is 193 Å². The van der Waals surface area contributed by atoms with Gasteiger partial charge in [-0.3, -0.25) is 4.79 Å². The molecule has 0 aliphatic rings. The fourth-order valence-corrected chi connectivity index (χ4v) is 3.62. The van der Waals surface area contributed by atoms with Crippen LogP contribution in [0, 0.1) is 0 Å². The molecule has 0 aromatic heterocycles. The van der Waals surface area contributed by atoms with Crippen LogP contribution in [0.2, 0.25) is 10.0 Å². The second-order valence-electron chi connectivity index (χ2n) is 7.40. The summed E-state index contributed by atoms with van der Waals surface area (Å²) in [7, 11) is 1.63. The van der Waals surface area contributed by atoms with Gasteiger partial charge in [-0.25, -0.2) is 0 Å². The summed E-state index contributed by atoms with van der Waals surface area (Å²) in [6.07, 6.45) is 3.17. The number of carbonyl (C=O) groups is 1. The van der Waals surface area contributed by atoms with Crippen LogP contribution in [0.5, 0.6) is 5.75 Å². The third-order valence-corrected chi connectivity index (χ3v) is 5.64. The molecule has 0 heterocycles. The minimum absolute atomic E-state index is 0.206. The van der Waals surface area contributed by atoms with Gasteiger partial charge in [-0.15, -0.1) is 0 Å².